The summed E-state index contributed by atoms with van der Waals surface area (Å²) in [6.07, 6.45) is 7.62. The third-order valence-corrected chi connectivity index (χ3v) is 7.25. The Morgan fingerprint density at radius 2 is 1.78 bits per heavy atom. The van der Waals surface area contributed by atoms with Crippen molar-refractivity contribution in [3.63, 3.8) is 0 Å². The van der Waals surface area contributed by atoms with Crippen LogP contribution in [0.5, 0.6) is 5.75 Å². The second-order valence-electron chi connectivity index (χ2n) is 9.64. The Hall–Kier alpha value is -3.96. The summed E-state index contributed by atoms with van der Waals surface area (Å²) in [5.41, 5.74) is 14.2. The van der Waals surface area contributed by atoms with Crippen LogP contribution in [0, 0.1) is 0 Å². The molecule has 0 aromatic heterocycles. The Kier molecular flexibility index (Phi) is 13.1. The molecule has 2 aromatic carbocycles. The smallest absolute Gasteiger partial charge is 0.229 e. The fraction of sp³-hybridized carbons (Fsp3) is 0.367. The summed E-state index contributed by atoms with van der Waals surface area (Å²) in [5, 5.41) is 21.9. The summed E-state index contributed by atoms with van der Waals surface area (Å²) in [6.45, 7) is 0.509. The van der Waals surface area contributed by atoms with Crippen molar-refractivity contribution in [2.75, 3.05) is 20.3 Å². The average Bonchev–Trinajstić information content (AvgIpc) is 3.29. The monoisotopic (exact) mass is 580 g/mol. The van der Waals surface area contributed by atoms with Gasteiger partial charge in [-0.2, -0.15) is 5.10 Å². The zero-order valence-electron chi connectivity index (χ0n) is 23.4. The molecule has 1 aliphatic heterocycles. The van der Waals surface area contributed by atoms with Crippen LogP contribution in [0.15, 0.2) is 83.4 Å². The van der Waals surface area contributed by atoms with E-state index in [1.807, 2.05) is 61.6 Å². The molecule has 0 spiro atoms. The molecule has 41 heavy (non-hydrogen) atoms. The van der Waals surface area contributed by atoms with Crippen molar-refractivity contribution in [2.24, 2.45) is 16.6 Å². The summed E-state index contributed by atoms with van der Waals surface area (Å²) in [4.78, 5) is 24.8. The van der Waals surface area contributed by atoms with E-state index in [9.17, 15) is 9.59 Å². The van der Waals surface area contributed by atoms with Crippen LogP contribution >= 0.6 is 11.8 Å². The molecule has 2 aromatic rings. The van der Waals surface area contributed by atoms with Gasteiger partial charge in [-0.15, -0.1) is 0 Å². The molecule has 1 atom stereocenters. The number of nitrogens with two attached hydrogens (primary N) is 2. The van der Waals surface area contributed by atoms with Crippen LogP contribution in [-0.4, -0.2) is 52.7 Å². The predicted octanol–water partition coefficient (Wildman–Crippen LogP) is 2.94. The SMILES string of the molecule is CN1N=C(CCCC/C(N)=C/C=C(\N)NC(=O)Cc2ccccc2)SC1NC(=O)Cc1cccc(OCCCO)c1. The first-order valence-corrected chi connectivity index (χ1v) is 14.5. The standard InChI is InChI=1S/C30H40N6O4S/c1-36-30(34-28(39)21-23-11-7-13-25(19-23)40-18-8-17-37)41-29(35-36)14-6-5-12-24(31)15-16-26(32)33-27(38)20-22-9-3-2-4-10-22/h2-4,7,9-11,13,15-16,19,30,37H,5-6,8,12,14,17-18,20-21,31-32H2,1H3,(H,33,38)(H,34,39)/b24-15-,26-16+. The van der Waals surface area contributed by atoms with E-state index >= 15 is 0 Å². The second-order valence-corrected chi connectivity index (χ2v) is 10.8. The summed E-state index contributed by atoms with van der Waals surface area (Å²) < 4.78 is 5.59. The van der Waals surface area contributed by atoms with Gasteiger partial charge < -0.3 is 31.9 Å². The summed E-state index contributed by atoms with van der Waals surface area (Å²) in [5.74, 6) is 0.656. The van der Waals surface area contributed by atoms with Crippen LogP contribution in [-0.2, 0) is 22.4 Å². The number of unbranched alkanes of at least 4 members (excludes halogenated alkanes) is 1. The lowest BCUT2D eigenvalue weighted by Crippen LogP contribution is -2.40. The number of nitrogens with zero attached hydrogens (tertiary/aromatic N) is 2. The van der Waals surface area contributed by atoms with Crippen molar-refractivity contribution < 1.29 is 19.4 Å². The Labute approximate surface area is 245 Å². The summed E-state index contributed by atoms with van der Waals surface area (Å²) in [7, 11) is 1.84. The first-order chi connectivity index (χ1) is 19.8. The van der Waals surface area contributed by atoms with Gasteiger partial charge in [0.25, 0.3) is 0 Å². The van der Waals surface area contributed by atoms with Gasteiger partial charge in [0.05, 0.1) is 24.5 Å². The summed E-state index contributed by atoms with van der Waals surface area (Å²) >= 11 is 1.54. The number of hydrazone groups is 1. The molecule has 2 amide bonds. The van der Waals surface area contributed by atoms with Crippen molar-refractivity contribution in [3.05, 3.63) is 89.4 Å². The fourth-order valence-electron chi connectivity index (χ4n) is 3.98. The largest absolute Gasteiger partial charge is 0.493 e. The Bertz CT molecular complexity index is 1230. The number of aliphatic hydroxyl groups is 1. The molecule has 0 radical (unpaired) electrons. The number of benzene rings is 2. The Balaban J connectivity index is 1.33. The van der Waals surface area contributed by atoms with E-state index in [4.69, 9.17) is 21.3 Å². The number of carbonyl (C=O) groups is 2. The number of rotatable bonds is 16. The lowest BCUT2D eigenvalue weighted by molar-refractivity contribution is -0.121. The number of ether oxygens (including phenoxy) is 1. The Morgan fingerprint density at radius 1 is 1.02 bits per heavy atom. The van der Waals surface area contributed by atoms with Gasteiger partial charge in [-0.05, 0) is 61.1 Å². The Morgan fingerprint density at radius 3 is 2.56 bits per heavy atom. The predicted molar refractivity (Wildman–Crippen MR) is 163 cm³/mol. The van der Waals surface area contributed by atoms with Gasteiger partial charge >= 0.3 is 0 Å². The minimum Gasteiger partial charge on any atom is -0.493 e. The van der Waals surface area contributed by atoms with Crippen molar-refractivity contribution in [3.8, 4) is 5.75 Å². The van der Waals surface area contributed by atoms with Crippen molar-refractivity contribution in [1.29, 1.82) is 0 Å². The van der Waals surface area contributed by atoms with Gasteiger partial charge in [0, 0.05) is 25.8 Å². The molecule has 0 saturated heterocycles. The number of aliphatic hydroxyl groups excluding tert-OH is 1. The third kappa shape index (κ3) is 12.0. The molecule has 220 valence electrons. The highest BCUT2D eigenvalue weighted by Gasteiger charge is 2.25. The van der Waals surface area contributed by atoms with Crippen molar-refractivity contribution in [2.45, 2.75) is 50.4 Å². The first kappa shape index (κ1) is 31.6. The minimum atomic E-state index is -0.253. The molecular formula is C30H40N6O4S. The van der Waals surface area contributed by atoms with Gasteiger partial charge in [0.2, 0.25) is 11.8 Å². The molecule has 0 fully saturated rings. The number of carbonyl (C=O) groups excluding carboxylic acids is 2. The van der Waals surface area contributed by atoms with Crippen LogP contribution in [0.2, 0.25) is 0 Å². The second kappa shape index (κ2) is 17.0. The number of hydrogen-bond acceptors (Lipinski definition) is 9. The molecule has 10 nitrogen and oxygen atoms in total. The highest BCUT2D eigenvalue weighted by Crippen LogP contribution is 2.26. The molecule has 1 aliphatic rings. The first-order valence-electron chi connectivity index (χ1n) is 13.7. The van der Waals surface area contributed by atoms with E-state index in [2.05, 4.69) is 15.7 Å². The van der Waals surface area contributed by atoms with E-state index in [1.54, 1.807) is 17.2 Å². The molecule has 11 heteroatoms. The van der Waals surface area contributed by atoms with E-state index in [0.717, 1.165) is 35.4 Å². The lowest BCUT2D eigenvalue weighted by atomic mass is 10.1. The average molecular weight is 581 g/mol. The molecule has 1 unspecified atom stereocenters. The van der Waals surface area contributed by atoms with Crippen LogP contribution in [0.1, 0.15) is 43.2 Å². The van der Waals surface area contributed by atoms with E-state index in [-0.39, 0.29) is 42.6 Å². The van der Waals surface area contributed by atoms with Gasteiger partial charge in [-0.3, -0.25) is 14.6 Å². The van der Waals surface area contributed by atoms with Gasteiger partial charge in [-0.1, -0.05) is 54.2 Å². The summed E-state index contributed by atoms with van der Waals surface area (Å²) in [6, 6.07) is 16.9. The molecule has 1 heterocycles. The van der Waals surface area contributed by atoms with Crippen LogP contribution in [0.3, 0.4) is 0 Å². The maximum absolute atomic E-state index is 12.6. The van der Waals surface area contributed by atoms with Crippen molar-refractivity contribution in [1.82, 2.24) is 15.6 Å². The number of amides is 2. The maximum atomic E-state index is 12.6. The zero-order chi connectivity index (χ0) is 29.5. The number of hydrogen-bond donors (Lipinski definition) is 5. The molecule has 3 rings (SSSR count). The quantitative estimate of drug-likeness (QED) is 0.150. The molecular weight excluding hydrogens is 540 g/mol. The van der Waals surface area contributed by atoms with E-state index in [0.29, 0.717) is 30.9 Å². The number of allylic oxidation sites excluding steroid dienone is 3. The van der Waals surface area contributed by atoms with Crippen LogP contribution in [0.25, 0.3) is 0 Å². The maximum Gasteiger partial charge on any atom is 0.229 e. The van der Waals surface area contributed by atoms with Crippen LogP contribution in [0.4, 0.5) is 0 Å². The highest BCUT2D eigenvalue weighted by atomic mass is 32.2. The number of nitrogens with one attached hydrogen (secondary N) is 2. The van der Waals surface area contributed by atoms with Gasteiger partial charge in [0.15, 0.2) is 5.50 Å². The normalized spacial score (nSPS) is 15.4. The lowest BCUT2D eigenvalue weighted by Gasteiger charge is -2.19. The zero-order valence-corrected chi connectivity index (χ0v) is 24.2. The van der Waals surface area contributed by atoms with Gasteiger partial charge in [0.1, 0.15) is 11.6 Å². The number of thioether (sulfide) groups is 1. The highest BCUT2D eigenvalue weighted by molar-refractivity contribution is 8.14. The van der Waals surface area contributed by atoms with Crippen LogP contribution < -0.4 is 26.8 Å². The topological polar surface area (TPSA) is 155 Å². The molecule has 0 aliphatic carbocycles. The fourth-order valence-corrected chi connectivity index (χ4v) is 5.06. The molecule has 0 bridgehead atoms. The van der Waals surface area contributed by atoms with E-state index < -0.39 is 0 Å². The molecule has 0 saturated carbocycles. The molecule has 7 N–H and O–H groups in total. The third-order valence-electron chi connectivity index (χ3n) is 6.05. The van der Waals surface area contributed by atoms with Gasteiger partial charge in [-0.25, -0.2) is 0 Å². The van der Waals surface area contributed by atoms with E-state index in [1.165, 1.54) is 11.8 Å². The minimum absolute atomic E-state index is 0.0785. The van der Waals surface area contributed by atoms with Crippen molar-refractivity contribution >= 4 is 28.6 Å².